The number of ether oxygens (including phenoxy) is 1. The topological polar surface area (TPSA) is 91.5 Å². The lowest BCUT2D eigenvalue weighted by molar-refractivity contribution is -0.128. The molecule has 8 heteroatoms. The van der Waals surface area contributed by atoms with E-state index in [0.29, 0.717) is 37.4 Å². The highest BCUT2D eigenvalue weighted by Crippen LogP contribution is 2.23. The first-order chi connectivity index (χ1) is 15.4. The van der Waals surface area contributed by atoms with Crippen LogP contribution in [-0.4, -0.2) is 47.4 Å². The zero-order valence-electron chi connectivity index (χ0n) is 17.7. The first-order valence-corrected chi connectivity index (χ1v) is 10.6. The number of aromatic nitrogens is 1. The molecule has 0 aliphatic carbocycles. The lowest BCUT2D eigenvalue weighted by Crippen LogP contribution is -2.30. The van der Waals surface area contributed by atoms with E-state index >= 15 is 0 Å². The minimum absolute atomic E-state index is 0.0752. The van der Waals surface area contributed by atoms with E-state index in [1.807, 2.05) is 6.20 Å². The van der Waals surface area contributed by atoms with Crippen molar-refractivity contribution in [2.45, 2.75) is 19.8 Å². The number of H-pyrrole nitrogens is 1. The van der Waals surface area contributed by atoms with Crippen LogP contribution in [0, 0.1) is 11.7 Å². The fourth-order valence-corrected chi connectivity index (χ4v) is 3.93. The minimum atomic E-state index is -0.451. The van der Waals surface area contributed by atoms with Gasteiger partial charge in [0.25, 0.3) is 0 Å². The molecule has 0 spiro atoms. The number of anilines is 1. The highest BCUT2D eigenvalue weighted by molar-refractivity contribution is 5.97. The third-order valence-electron chi connectivity index (χ3n) is 5.63. The molecule has 1 fully saturated rings. The lowest BCUT2D eigenvalue weighted by Gasteiger charge is -2.16. The highest BCUT2D eigenvalue weighted by atomic mass is 19.1. The number of nitrogens with zero attached hydrogens (tertiary/aromatic N) is 1. The molecule has 0 bridgehead atoms. The molecule has 1 atom stereocenters. The summed E-state index contributed by atoms with van der Waals surface area (Å²) in [5.74, 6) is -1.48. The minimum Gasteiger partial charge on any atom is -0.462 e. The zero-order chi connectivity index (χ0) is 22.7. The number of halogens is 1. The molecule has 32 heavy (non-hydrogen) atoms. The number of rotatable bonds is 7. The van der Waals surface area contributed by atoms with Crippen molar-refractivity contribution in [2.24, 2.45) is 5.92 Å². The molecule has 7 nitrogen and oxygen atoms in total. The van der Waals surface area contributed by atoms with Crippen LogP contribution in [0.5, 0.6) is 0 Å². The molecule has 1 aliphatic rings. The van der Waals surface area contributed by atoms with Crippen molar-refractivity contribution in [1.82, 2.24) is 9.88 Å². The maximum absolute atomic E-state index is 13.6. The summed E-state index contributed by atoms with van der Waals surface area (Å²) in [5, 5.41) is 3.61. The van der Waals surface area contributed by atoms with Crippen molar-refractivity contribution in [1.29, 1.82) is 0 Å². The van der Waals surface area contributed by atoms with E-state index in [2.05, 4.69) is 10.3 Å². The second-order valence-corrected chi connectivity index (χ2v) is 7.78. The van der Waals surface area contributed by atoms with Crippen LogP contribution >= 0.6 is 0 Å². The van der Waals surface area contributed by atoms with Crippen molar-refractivity contribution in [3.05, 3.63) is 65.6 Å². The largest absolute Gasteiger partial charge is 0.462 e. The molecular weight excluding hydrogens is 413 g/mol. The van der Waals surface area contributed by atoms with Gasteiger partial charge in [0, 0.05) is 42.3 Å². The van der Waals surface area contributed by atoms with Gasteiger partial charge in [-0.2, -0.15) is 0 Å². The molecule has 166 valence electrons. The fraction of sp³-hybridized carbons (Fsp3) is 0.292. The van der Waals surface area contributed by atoms with Crippen LogP contribution in [0.1, 0.15) is 29.3 Å². The SMILES string of the molecule is CCOC(=O)c1ccc(NC(=O)C2CC(=O)N(CCc3c[nH]c4ccc(F)cc34)C2)cc1. The number of fused-ring (bicyclic) bond motifs is 1. The number of amides is 2. The Balaban J connectivity index is 1.33. The van der Waals surface area contributed by atoms with Crippen LogP contribution < -0.4 is 5.32 Å². The molecule has 0 radical (unpaired) electrons. The average Bonchev–Trinajstić information content (AvgIpc) is 3.35. The molecule has 2 heterocycles. The Morgan fingerprint density at radius 3 is 2.75 bits per heavy atom. The Labute approximate surface area is 184 Å². The summed E-state index contributed by atoms with van der Waals surface area (Å²) >= 11 is 0. The Morgan fingerprint density at radius 2 is 2.00 bits per heavy atom. The van der Waals surface area contributed by atoms with E-state index in [9.17, 15) is 18.8 Å². The molecule has 2 N–H and O–H groups in total. The van der Waals surface area contributed by atoms with Gasteiger partial charge in [0.1, 0.15) is 5.82 Å². The van der Waals surface area contributed by atoms with E-state index in [1.165, 1.54) is 12.1 Å². The molecule has 0 saturated carbocycles. The molecule has 1 saturated heterocycles. The molecule has 3 aromatic rings. The molecule has 4 rings (SSSR count). The maximum Gasteiger partial charge on any atom is 0.338 e. The fourth-order valence-electron chi connectivity index (χ4n) is 3.93. The van der Waals surface area contributed by atoms with E-state index in [-0.39, 0.29) is 24.1 Å². The quantitative estimate of drug-likeness (QED) is 0.554. The first kappa shape index (κ1) is 21.5. The third kappa shape index (κ3) is 4.64. The van der Waals surface area contributed by atoms with Gasteiger partial charge in [0.2, 0.25) is 11.8 Å². The van der Waals surface area contributed by atoms with Crippen molar-refractivity contribution in [2.75, 3.05) is 25.0 Å². The monoisotopic (exact) mass is 437 g/mol. The van der Waals surface area contributed by atoms with E-state index in [1.54, 1.807) is 42.2 Å². The first-order valence-electron chi connectivity index (χ1n) is 10.6. The maximum atomic E-state index is 13.6. The van der Waals surface area contributed by atoms with Gasteiger partial charge in [0.15, 0.2) is 0 Å². The van der Waals surface area contributed by atoms with Crippen molar-refractivity contribution in [3.8, 4) is 0 Å². The normalized spacial score (nSPS) is 15.9. The molecule has 2 amide bonds. The van der Waals surface area contributed by atoms with Gasteiger partial charge < -0.3 is 19.9 Å². The smallest absolute Gasteiger partial charge is 0.338 e. The number of nitrogens with one attached hydrogen (secondary N) is 2. The highest BCUT2D eigenvalue weighted by Gasteiger charge is 2.34. The Kier molecular flexibility index (Phi) is 6.20. The summed E-state index contributed by atoms with van der Waals surface area (Å²) in [6.07, 6.45) is 2.54. The molecule has 1 aliphatic heterocycles. The summed E-state index contributed by atoms with van der Waals surface area (Å²) in [6, 6.07) is 11.0. The zero-order valence-corrected chi connectivity index (χ0v) is 17.7. The van der Waals surface area contributed by atoms with Gasteiger partial charge in [0.05, 0.1) is 18.1 Å². The predicted molar refractivity (Wildman–Crippen MR) is 118 cm³/mol. The van der Waals surface area contributed by atoms with Crippen LogP contribution in [0.2, 0.25) is 0 Å². The Hall–Kier alpha value is -3.68. The average molecular weight is 437 g/mol. The standard InChI is InChI=1S/C24H24FN3O4/c1-2-32-24(31)15-3-6-19(7-4-15)27-23(30)17-11-22(29)28(14-17)10-9-16-13-26-21-8-5-18(25)12-20(16)21/h3-8,12-13,17,26H,2,9-11,14H2,1H3,(H,27,30). The third-order valence-corrected chi connectivity index (χ3v) is 5.63. The Bertz CT molecular complexity index is 1160. The van der Waals surface area contributed by atoms with Crippen molar-refractivity contribution >= 4 is 34.4 Å². The summed E-state index contributed by atoms with van der Waals surface area (Å²) in [5.41, 5.74) is 2.74. The molecule has 1 aromatic heterocycles. The van der Waals surface area contributed by atoms with Crippen LogP contribution in [0.25, 0.3) is 10.9 Å². The number of hydrogen-bond acceptors (Lipinski definition) is 4. The molecule has 2 aromatic carbocycles. The van der Waals surface area contributed by atoms with Crippen molar-refractivity contribution in [3.63, 3.8) is 0 Å². The number of hydrogen-bond donors (Lipinski definition) is 2. The van der Waals surface area contributed by atoms with Gasteiger partial charge >= 0.3 is 5.97 Å². The summed E-state index contributed by atoms with van der Waals surface area (Å²) in [7, 11) is 0. The second-order valence-electron chi connectivity index (χ2n) is 7.78. The van der Waals surface area contributed by atoms with Crippen LogP contribution in [-0.2, 0) is 20.7 Å². The van der Waals surface area contributed by atoms with Crippen molar-refractivity contribution < 1.29 is 23.5 Å². The second kappa shape index (κ2) is 9.21. The van der Waals surface area contributed by atoms with Gasteiger partial charge in [-0.1, -0.05) is 0 Å². The van der Waals surface area contributed by atoms with Crippen LogP contribution in [0.15, 0.2) is 48.7 Å². The van der Waals surface area contributed by atoms with Crippen LogP contribution in [0.4, 0.5) is 10.1 Å². The number of esters is 1. The summed E-state index contributed by atoms with van der Waals surface area (Å²) < 4.78 is 18.5. The van der Waals surface area contributed by atoms with E-state index in [4.69, 9.17) is 4.74 Å². The van der Waals surface area contributed by atoms with Gasteiger partial charge in [-0.25, -0.2) is 9.18 Å². The number of carbonyl (C=O) groups is 3. The summed E-state index contributed by atoms with van der Waals surface area (Å²) in [6.45, 7) is 2.82. The number of benzene rings is 2. The number of likely N-dealkylation sites (tertiary alicyclic amines) is 1. The Morgan fingerprint density at radius 1 is 1.22 bits per heavy atom. The van der Waals surface area contributed by atoms with Crippen LogP contribution in [0.3, 0.4) is 0 Å². The van der Waals surface area contributed by atoms with Gasteiger partial charge in [-0.05, 0) is 61.4 Å². The van der Waals surface area contributed by atoms with Gasteiger partial charge in [-0.15, -0.1) is 0 Å². The number of aromatic amines is 1. The molecule has 1 unspecified atom stereocenters. The predicted octanol–water partition coefficient (Wildman–Crippen LogP) is 3.51. The lowest BCUT2D eigenvalue weighted by atomic mass is 10.1. The van der Waals surface area contributed by atoms with Gasteiger partial charge in [-0.3, -0.25) is 9.59 Å². The summed E-state index contributed by atoms with van der Waals surface area (Å²) in [4.78, 5) is 41.6. The molecular formula is C24H24FN3O4. The van der Waals surface area contributed by atoms with E-state index in [0.717, 1.165) is 16.5 Å². The number of carbonyl (C=O) groups excluding carboxylic acids is 3. The van der Waals surface area contributed by atoms with E-state index < -0.39 is 11.9 Å².